The molecule has 0 aromatic rings. The number of rotatable bonds is 48. The van der Waals surface area contributed by atoms with Crippen LogP contribution in [0.25, 0.3) is 0 Å². The normalized spacial score (nSPS) is 12.9. The van der Waals surface area contributed by atoms with Gasteiger partial charge in [0, 0.05) is 19.3 Å². The van der Waals surface area contributed by atoms with Crippen molar-refractivity contribution in [2.45, 2.75) is 245 Å². The number of carbonyl (C=O) groups excluding carboxylic acids is 3. The summed E-state index contributed by atoms with van der Waals surface area (Å²) in [5.41, 5.74) is 0. The van der Waals surface area contributed by atoms with Crippen LogP contribution in [0.4, 0.5) is 0 Å². The molecule has 0 saturated heterocycles. The second-order valence-corrected chi connectivity index (χ2v) is 17.7. The Morgan fingerprint density at radius 2 is 0.582 bits per heavy atom. The lowest BCUT2D eigenvalue weighted by Crippen LogP contribution is -2.30. The minimum Gasteiger partial charge on any atom is -0.462 e. The molecule has 0 amide bonds. The number of unbranched alkanes of at least 4 members (excludes halogenated alkanes) is 19. The highest BCUT2D eigenvalue weighted by atomic mass is 16.6. The average molecular weight is 929 g/mol. The van der Waals surface area contributed by atoms with E-state index in [4.69, 9.17) is 14.2 Å². The number of ether oxygens (including phenoxy) is 3. The van der Waals surface area contributed by atoms with E-state index in [1.807, 2.05) is 0 Å². The van der Waals surface area contributed by atoms with Crippen LogP contribution in [0.2, 0.25) is 0 Å². The van der Waals surface area contributed by atoms with Crippen LogP contribution < -0.4 is 0 Å². The van der Waals surface area contributed by atoms with Crippen molar-refractivity contribution in [3.8, 4) is 0 Å². The van der Waals surface area contributed by atoms with Gasteiger partial charge in [-0.15, -0.1) is 0 Å². The standard InChI is InChI=1S/C61H100O6/c1-4-7-10-13-16-19-22-25-27-29-30-32-33-36-39-42-45-48-51-54-60(63)66-57-58(56-65-59(62)53-50-47-44-41-38-35-24-21-18-15-12-9-6-3)67-61(64)55-52-49-46-43-40-37-34-31-28-26-23-20-17-14-11-8-5-2/h7,10,16-17,19-21,24-28,30,32,34,36-37,39,58H,4-6,8-9,11-15,18,22-23,29,31,33,35,38,40-57H2,1-3H3/b10-7-,19-16-,20-17-,24-21-,27-25-,28-26-,32-30-,37-34-,39-36-/t58-/m0/s1. The van der Waals surface area contributed by atoms with Gasteiger partial charge in [-0.05, 0) is 128 Å². The molecule has 0 heterocycles. The summed E-state index contributed by atoms with van der Waals surface area (Å²) in [7, 11) is 0. The number of esters is 3. The quantitative estimate of drug-likeness (QED) is 0.0262. The third-order valence-electron chi connectivity index (χ3n) is 11.2. The zero-order valence-electron chi connectivity index (χ0n) is 43.4. The molecule has 67 heavy (non-hydrogen) atoms. The summed E-state index contributed by atoms with van der Waals surface area (Å²) in [6.07, 6.45) is 73.5. The molecule has 0 unspecified atom stereocenters. The van der Waals surface area contributed by atoms with Gasteiger partial charge in [-0.2, -0.15) is 0 Å². The zero-order chi connectivity index (χ0) is 48.6. The van der Waals surface area contributed by atoms with Crippen molar-refractivity contribution in [2.24, 2.45) is 0 Å². The summed E-state index contributed by atoms with van der Waals surface area (Å²) in [6, 6.07) is 0. The maximum atomic E-state index is 12.8. The van der Waals surface area contributed by atoms with Crippen LogP contribution in [0.3, 0.4) is 0 Å². The zero-order valence-corrected chi connectivity index (χ0v) is 43.4. The van der Waals surface area contributed by atoms with Crippen molar-refractivity contribution < 1.29 is 28.6 Å². The van der Waals surface area contributed by atoms with Crippen molar-refractivity contribution in [3.63, 3.8) is 0 Å². The van der Waals surface area contributed by atoms with Crippen LogP contribution in [0.5, 0.6) is 0 Å². The predicted octanol–water partition coefficient (Wildman–Crippen LogP) is 18.3. The molecule has 0 rings (SSSR count). The van der Waals surface area contributed by atoms with E-state index >= 15 is 0 Å². The average Bonchev–Trinajstić information content (AvgIpc) is 3.33. The third kappa shape index (κ3) is 52.9. The highest BCUT2D eigenvalue weighted by Crippen LogP contribution is 2.13. The number of carbonyl (C=O) groups is 3. The Bertz CT molecular complexity index is 1390. The summed E-state index contributed by atoms with van der Waals surface area (Å²) in [5.74, 6) is -0.970. The van der Waals surface area contributed by atoms with E-state index in [2.05, 4.69) is 130 Å². The monoisotopic (exact) mass is 929 g/mol. The van der Waals surface area contributed by atoms with Gasteiger partial charge in [0.05, 0.1) is 0 Å². The number of hydrogen-bond donors (Lipinski definition) is 0. The van der Waals surface area contributed by atoms with Gasteiger partial charge in [0.15, 0.2) is 6.10 Å². The van der Waals surface area contributed by atoms with Crippen molar-refractivity contribution in [1.29, 1.82) is 0 Å². The highest BCUT2D eigenvalue weighted by molar-refractivity contribution is 5.71. The van der Waals surface area contributed by atoms with Crippen molar-refractivity contribution in [2.75, 3.05) is 13.2 Å². The van der Waals surface area contributed by atoms with Gasteiger partial charge < -0.3 is 14.2 Å². The topological polar surface area (TPSA) is 78.9 Å². The Balaban J connectivity index is 4.51. The summed E-state index contributed by atoms with van der Waals surface area (Å²) in [5, 5.41) is 0. The van der Waals surface area contributed by atoms with Gasteiger partial charge in [-0.3, -0.25) is 14.4 Å². The Kier molecular flexibility index (Phi) is 51.5. The van der Waals surface area contributed by atoms with E-state index in [0.29, 0.717) is 19.3 Å². The van der Waals surface area contributed by atoms with Gasteiger partial charge in [0.2, 0.25) is 0 Å². The molecule has 0 aliphatic heterocycles. The first kappa shape index (κ1) is 63.1. The van der Waals surface area contributed by atoms with Crippen molar-refractivity contribution >= 4 is 17.9 Å². The van der Waals surface area contributed by atoms with E-state index in [1.165, 1.54) is 64.2 Å². The first-order valence-corrected chi connectivity index (χ1v) is 27.4. The lowest BCUT2D eigenvalue weighted by atomic mass is 10.1. The van der Waals surface area contributed by atoms with Crippen molar-refractivity contribution in [3.05, 3.63) is 109 Å². The largest absolute Gasteiger partial charge is 0.462 e. The molecule has 6 nitrogen and oxygen atoms in total. The lowest BCUT2D eigenvalue weighted by Gasteiger charge is -2.18. The molecule has 0 bridgehead atoms. The second-order valence-electron chi connectivity index (χ2n) is 17.7. The number of hydrogen-bond acceptors (Lipinski definition) is 6. The summed E-state index contributed by atoms with van der Waals surface area (Å²) < 4.78 is 16.8. The Morgan fingerprint density at radius 3 is 0.970 bits per heavy atom. The highest BCUT2D eigenvalue weighted by Gasteiger charge is 2.19. The molecule has 1 atom stereocenters. The predicted molar refractivity (Wildman–Crippen MR) is 288 cm³/mol. The molecule has 0 saturated carbocycles. The fraction of sp³-hybridized carbons (Fsp3) is 0.656. The first-order valence-electron chi connectivity index (χ1n) is 27.4. The Morgan fingerprint density at radius 1 is 0.313 bits per heavy atom. The molecule has 0 radical (unpaired) electrons. The third-order valence-corrected chi connectivity index (χ3v) is 11.2. The van der Waals surface area contributed by atoms with Gasteiger partial charge in [0.25, 0.3) is 0 Å². The van der Waals surface area contributed by atoms with Gasteiger partial charge in [0.1, 0.15) is 13.2 Å². The molecular weight excluding hydrogens is 829 g/mol. The van der Waals surface area contributed by atoms with Crippen LogP contribution in [-0.2, 0) is 28.6 Å². The molecule has 0 aliphatic rings. The van der Waals surface area contributed by atoms with Crippen molar-refractivity contribution in [1.82, 2.24) is 0 Å². The molecule has 380 valence electrons. The Hall–Kier alpha value is -3.93. The van der Waals surface area contributed by atoms with Crippen LogP contribution in [0, 0.1) is 0 Å². The smallest absolute Gasteiger partial charge is 0.306 e. The minimum atomic E-state index is -0.809. The van der Waals surface area contributed by atoms with E-state index in [-0.39, 0.29) is 31.1 Å². The molecule has 0 aromatic heterocycles. The Labute approximate surface area is 412 Å². The van der Waals surface area contributed by atoms with Gasteiger partial charge in [-0.25, -0.2) is 0 Å². The molecular formula is C61H100O6. The molecule has 0 spiro atoms. The van der Waals surface area contributed by atoms with E-state index < -0.39 is 6.10 Å². The summed E-state index contributed by atoms with van der Waals surface area (Å²) >= 11 is 0. The molecule has 0 aromatic carbocycles. The van der Waals surface area contributed by atoms with Crippen LogP contribution in [-0.4, -0.2) is 37.2 Å². The SMILES string of the molecule is CC/C=C\C/C=C\C/C=C\C/C=C\C/C=C\CCCCCC(=O)OC[C@H](COC(=O)CCCCCCC/C=C\CCCCCC)OC(=O)CCCCCC/C=C\C/C=C\C/C=C\CCCCC. The van der Waals surface area contributed by atoms with Gasteiger partial charge in [-0.1, -0.05) is 201 Å². The minimum absolute atomic E-state index is 0.104. The molecule has 0 N–H and O–H groups in total. The van der Waals surface area contributed by atoms with Crippen LogP contribution in [0.1, 0.15) is 239 Å². The van der Waals surface area contributed by atoms with E-state index in [9.17, 15) is 14.4 Å². The molecule has 0 fully saturated rings. The maximum Gasteiger partial charge on any atom is 0.306 e. The summed E-state index contributed by atoms with van der Waals surface area (Å²) in [6.45, 7) is 6.42. The summed E-state index contributed by atoms with van der Waals surface area (Å²) in [4.78, 5) is 38.1. The maximum absolute atomic E-state index is 12.8. The second kappa shape index (κ2) is 54.7. The lowest BCUT2D eigenvalue weighted by molar-refractivity contribution is -0.167. The van der Waals surface area contributed by atoms with Crippen LogP contribution in [0.15, 0.2) is 109 Å². The van der Waals surface area contributed by atoms with E-state index in [1.54, 1.807) is 0 Å². The van der Waals surface area contributed by atoms with E-state index in [0.717, 1.165) is 135 Å². The van der Waals surface area contributed by atoms with Crippen LogP contribution >= 0.6 is 0 Å². The first-order chi connectivity index (χ1) is 33.0. The molecule has 0 aliphatic carbocycles. The fourth-order valence-electron chi connectivity index (χ4n) is 7.12. The molecule has 6 heteroatoms. The van der Waals surface area contributed by atoms with Gasteiger partial charge >= 0.3 is 17.9 Å². The fourth-order valence-corrected chi connectivity index (χ4v) is 7.12. The number of allylic oxidation sites excluding steroid dienone is 18.